The summed E-state index contributed by atoms with van der Waals surface area (Å²) in [4.78, 5) is 11.9. The molecule has 4 rings (SSSR count). The molecule has 0 spiro atoms. The third kappa shape index (κ3) is 7.84. The third-order valence-corrected chi connectivity index (χ3v) is 5.98. The largest absolute Gasteiger partial charge is 0.376 e. The van der Waals surface area contributed by atoms with Crippen LogP contribution in [0.1, 0.15) is 30.3 Å². The fraction of sp³-hybridized carbons (Fsp3) is 0.407. The molecular formula is C27H36IN5O. The second-order valence-electron chi connectivity index (χ2n) is 8.54. The molecule has 1 N–H and O–H groups in total. The zero-order valence-electron chi connectivity index (χ0n) is 20.0. The Morgan fingerprint density at radius 3 is 2.56 bits per heavy atom. The maximum Gasteiger partial charge on any atom is 0.193 e. The number of nitrogens with zero attached hydrogens (tertiary/aromatic N) is 4. The number of aliphatic imine (C=N–C) groups is 1. The highest BCUT2D eigenvalue weighted by Gasteiger charge is 2.25. The average molecular weight is 574 g/mol. The van der Waals surface area contributed by atoms with Gasteiger partial charge in [-0.05, 0) is 24.5 Å². The molecule has 7 heteroatoms. The molecule has 2 heterocycles. The highest BCUT2D eigenvalue weighted by molar-refractivity contribution is 14.0. The van der Waals surface area contributed by atoms with Crippen molar-refractivity contribution >= 4 is 29.9 Å². The molecule has 0 bridgehead atoms. The fourth-order valence-electron chi connectivity index (χ4n) is 4.26. The van der Waals surface area contributed by atoms with Crippen molar-refractivity contribution in [1.29, 1.82) is 0 Å². The molecule has 1 saturated heterocycles. The molecule has 2 aromatic carbocycles. The van der Waals surface area contributed by atoms with Crippen LogP contribution < -0.4 is 5.32 Å². The summed E-state index contributed by atoms with van der Waals surface area (Å²) in [5, 5.41) is 3.47. The van der Waals surface area contributed by atoms with E-state index in [1.165, 1.54) is 11.1 Å². The molecule has 0 aliphatic carbocycles. The Labute approximate surface area is 220 Å². The lowest BCUT2D eigenvalue weighted by atomic mass is 10.1. The first-order valence-corrected chi connectivity index (χ1v) is 12.0. The lowest BCUT2D eigenvalue weighted by Gasteiger charge is -2.21. The molecule has 3 aromatic rings. The normalized spacial score (nSPS) is 15.9. The second-order valence-corrected chi connectivity index (χ2v) is 8.54. The van der Waals surface area contributed by atoms with Gasteiger partial charge in [0.1, 0.15) is 5.82 Å². The van der Waals surface area contributed by atoms with Crippen LogP contribution in [0.4, 0.5) is 0 Å². The quantitative estimate of drug-likeness (QED) is 0.219. The lowest BCUT2D eigenvalue weighted by molar-refractivity contribution is 0.0907. The Balaban J connectivity index is 0.00000324. The number of aromatic nitrogens is 2. The minimum atomic E-state index is 0. The van der Waals surface area contributed by atoms with E-state index >= 15 is 0 Å². The van der Waals surface area contributed by atoms with Crippen molar-refractivity contribution in [3.8, 4) is 0 Å². The SMILES string of the molecule is CCNC(=NCCc1nccn1Cc1ccccc1)N1CCC(COCc2ccccc2)C1.I. The molecule has 1 unspecified atom stereocenters. The van der Waals surface area contributed by atoms with Crippen LogP contribution in [-0.2, 0) is 24.3 Å². The molecule has 1 aliphatic rings. The van der Waals surface area contributed by atoms with Gasteiger partial charge in [0.2, 0.25) is 0 Å². The first-order valence-electron chi connectivity index (χ1n) is 12.0. The molecule has 1 atom stereocenters. The Morgan fingerprint density at radius 1 is 1.09 bits per heavy atom. The number of benzene rings is 2. The molecular weight excluding hydrogens is 537 g/mol. The summed E-state index contributed by atoms with van der Waals surface area (Å²) in [5.74, 6) is 2.62. The third-order valence-electron chi connectivity index (χ3n) is 5.98. The van der Waals surface area contributed by atoms with Gasteiger partial charge in [-0.3, -0.25) is 4.99 Å². The Kier molecular flexibility index (Phi) is 10.9. The van der Waals surface area contributed by atoms with Crippen molar-refractivity contribution in [2.24, 2.45) is 10.9 Å². The molecule has 1 aliphatic heterocycles. The number of nitrogens with one attached hydrogen (secondary N) is 1. The molecule has 34 heavy (non-hydrogen) atoms. The number of hydrogen-bond donors (Lipinski definition) is 1. The zero-order chi connectivity index (χ0) is 22.7. The average Bonchev–Trinajstić information content (AvgIpc) is 3.50. The van der Waals surface area contributed by atoms with Crippen LogP contribution in [-0.4, -0.2) is 53.2 Å². The number of guanidine groups is 1. The topological polar surface area (TPSA) is 54.7 Å². The lowest BCUT2D eigenvalue weighted by Crippen LogP contribution is -2.40. The molecule has 1 aromatic heterocycles. The predicted molar refractivity (Wildman–Crippen MR) is 149 cm³/mol. The van der Waals surface area contributed by atoms with E-state index in [9.17, 15) is 0 Å². The summed E-state index contributed by atoms with van der Waals surface area (Å²) in [7, 11) is 0. The van der Waals surface area contributed by atoms with Gasteiger partial charge in [0.05, 0.1) is 13.2 Å². The number of hydrogen-bond acceptors (Lipinski definition) is 3. The molecule has 1 fully saturated rings. The molecule has 0 radical (unpaired) electrons. The van der Waals surface area contributed by atoms with E-state index in [-0.39, 0.29) is 24.0 Å². The maximum atomic E-state index is 5.99. The van der Waals surface area contributed by atoms with Gasteiger partial charge in [0.25, 0.3) is 0 Å². The van der Waals surface area contributed by atoms with Gasteiger partial charge in [-0.15, -0.1) is 24.0 Å². The molecule has 182 valence electrons. The van der Waals surface area contributed by atoms with E-state index in [1.807, 2.05) is 18.3 Å². The minimum absolute atomic E-state index is 0. The van der Waals surface area contributed by atoms with Crippen LogP contribution in [0.25, 0.3) is 0 Å². The minimum Gasteiger partial charge on any atom is -0.376 e. The Hall–Kier alpha value is -2.39. The highest BCUT2D eigenvalue weighted by Crippen LogP contribution is 2.17. The monoisotopic (exact) mass is 573 g/mol. The van der Waals surface area contributed by atoms with E-state index in [4.69, 9.17) is 9.73 Å². The van der Waals surface area contributed by atoms with Crippen molar-refractivity contribution < 1.29 is 4.74 Å². The van der Waals surface area contributed by atoms with Gasteiger partial charge in [-0.1, -0.05) is 60.7 Å². The van der Waals surface area contributed by atoms with Crippen molar-refractivity contribution in [1.82, 2.24) is 19.8 Å². The van der Waals surface area contributed by atoms with Gasteiger partial charge in [0.15, 0.2) is 5.96 Å². The van der Waals surface area contributed by atoms with E-state index in [2.05, 4.69) is 81.4 Å². The maximum absolute atomic E-state index is 5.99. The number of imidazole rings is 1. The van der Waals surface area contributed by atoms with E-state index < -0.39 is 0 Å². The van der Waals surface area contributed by atoms with Crippen LogP contribution in [0.5, 0.6) is 0 Å². The van der Waals surface area contributed by atoms with Crippen molar-refractivity contribution in [2.45, 2.75) is 32.9 Å². The summed E-state index contributed by atoms with van der Waals surface area (Å²) in [6.07, 6.45) is 5.90. The fourth-order valence-corrected chi connectivity index (χ4v) is 4.26. The molecule has 0 saturated carbocycles. The second kappa shape index (κ2) is 14.1. The van der Waals surface area contributed by atoms with Gasteiger partial charge in [-0.2, -0.15) is 0 Å². The number of ether oxygens (including phenoxy) is 1. The predicted octanol–water partition coefficient (Wildman–Crippen LogP) is 4.60. The van der Waals surface area contributed by atoms with E-state index in [0.717, 1.165) is 64.0 Å². The Morgan fingerprint density at radius 2 is 1.82 bits per heavy atom. The van der Waals surface area contributed by atoms with Gasteiger partial charge in [-0.25, -0.2) is 4.98 Å². The summed E-state index contributed by atoms with van der Waals surface area (Å²) in [6, 6.07) is 20.9. The van der Waals surface area contributed by atoms with Gasteiger partial charge in [0, 0.05) is 57.5 Å². The smallest absolute Gasteiger partial charge is 0.193 e. The van der Waals surface area contributed by atoms with Crippen LogP contribution >= 0.6 is 24.0 Å². The summed E-state index contributed by atoms with van der Waals surface area (Å²) in [5.41, 5.74) is 2.51. The summed E-state index contributed by atoms with van der Waals surface area (Å²) < 4.78 is 8.20. The zero-order valence-corrected chi connectivity index (χ0v) is 22.3. The molecule has 6 nitrogen and oxygen atoms in total. The Bertz CT molecular complexity index is 993. The standard InChI is InChI=1S/C27H35N5O.HI/c1-2-28-27(32-17-14-25(20-32)22-33-21-24-11-7-4-8-12-24)30-15-13-26-29-16-18-31(26)19-23-9-5-3-6-10-23;/h3-12,16,18,25H,2,13-15,17,19-22H2,1H3,(H,28,30);1H. The highest BCUT2D eigenvalue weighted by atomic mass is 127. The number of rotatable bonds is 10. The first-order chi connectivity index (χ1) is 16.3. The van der Waals surface area contributed by atoms with Crippen molar-refractivity contribution in [3.05, 3.63) is 90.0 Å². The van der Waals surface area contributed by atoms with E-state index in [0.29, 0.717) is 12.5 Å². The van der Waals surface area contributed by atoms with E-state index in [1.54, 1.807) is 0 Å². The number of halogens is 1. The van der Waals surface area contributed by atoms with Crippen LogP contribution in [0, 0.1) is 5.92 Å². The van der Waals surface area contributed by atoms with Gasteiger partial charge < -0.3 is 19.5 Å². The molecule has 0 amide bonds. The summed E-state index contributed by atoms with van der Waals surface area (Å²) in [6.45, 7) is 8.04. The summed E-state index contributed by atoms with van der Waals surface area (Å²) >= 11 is 0. The van der Waals surface area contributed by atoms with Crippen LogP contribution in [0.2, 0.25) is 0 Å². The first kappa shape index (κ1) is 26.2. The van der Waals surface area contributed by atoms with Crippen molar-refractivity contribution in [2.75, 3.05) is 32.8 Å². The van der Waals surface area contributed by atoms with Gasteiger partial charge >= 0.3 is 0 Å². The van der Waals surface area contributed by atoms with Crippen LogP contribution in [0.3, 0.4) is 0 Å². The van der Waals surface area contributed by atoms with Crippen LogP contribution in [0.15, 0.2) is 78.0 Å². The number of likely N-dealkylation sites (tertiary alicyclic amines) is 1. The van der Waals surface area contributed by atoms with Crippen molar-refractivity contribution in [3.63, 3.8) is 0 Å².